The molecule has 0 aromatic heterocycles. The second-order valence-electron chi connectivity index (χ2n) is 5.59. The van der Waals surface area contributed by atoms with Gasteiger partial charge in [0.2, 0.25) is 0 Å². The summed E-state index contributed by atoms with van der Waals surface area (Å²) in [5.41, 5.74) is -0.755. The minimum absolute atomic E-state index is 0.0122. The van der Waals surface area contributed by atoms with Gasteiger partial charge < -0.3 is 0 Å². The maximum Gasteiger partial charge on any atom is 0.416 e. The number of amides is 2. The summed E-state index contributed by atoms with van der Waals surface area (Å²) in [5, 5.41) is -0.589. The molecule has 140 valence electrons. The molecular formula is C18H10ClF4NO2S. The molecule has 0 saturated carbocycles. The van der Waals surface area contributed by atoms with Gasteiger partial charge in [-0.2, -0.15) is 13.2 Å². The van der Waals surface area contributed by atoms with Crippen LogP contribution in [-0.2, 0) is 17.5 Å². The van der Waals surface area contributed by atoms with E-state index in [4.69, 9.17) is 11.6 Å². The molecule has 0 atom stereocenters. The molecule has 0 N–H and O–H groups in total. The summed E-state index contributed by atoms with van der Waals surface area (Å²) >= 11 is 6.49. The van der Waals surface area contributed by atoms with E-state index in [1.165, 1.54) is 30.3 Å². The molecule has 0 radical (unpaired) electrons. The van der Waals surface area contributed by atoms with Crippen LogP contribution in [0.25, 0.3) is 6.08 Å². The molecule has 0 bridgehead atoms. The van der Waals surface area contributed by atoms with Crippen molar-refractivity contribution in [3.63, 3.8) is 0 Å². The predicted molar refractivity (Wildman–Crippen MR) is 94.4 cm³/mol. The van der Waals surface area contributed by atoms with Gasteiger partial charge in [-0.25, -0.2) is 4.39 Å². The number of carbonyl (C=O) groups is 2. The molecule has 2 aromatic rings. The number of hydrogen-bond acceptors (Lipinski definition) is 3. The van der Waals surface area contributed by atoms with E-state index >= 15 is 0 Å². The number of hydrogen-bond donors (Lipinski definition) is 0. The van der Waals surface area contributed by atoms with Crippen LogP contribution in [0.1, 0.15) is 16.7 Å². The molecule has 1 aliphatic rings. The van der Waals surface area contributed by atoms with E-state index < -0.39 is 28.7 Å². The highest BCUT2D eigenvalue weighted by Gasteiger charge is 2.36. The van der Waals surface area contributed by atoms with Crippen LogP contribution in [0.2, 0.25) is 5.02 Å². The van der Waals surface area contributed by atoms with Crippen LogP contribution in [0.4, 0.5) is 22.4 Å². The largest absolute Gasteiger partial charge is 0.416 e. The van der Waals surface area contributed by atoms with Crippen LogP contribution < -0.4 is 0 Å². The highest BCUT2D eigenvalue weighted by Crippen LogP contribution is 2.35. The Hall–Kier alpha value is -2.32. The Morgan fingerprint density at radius 1 is 1.11 bits per heavy atom. The van der Waals surface area contributed by atoms with Crippen molar-refractivity contribution in [1.82, 2.24) is 4.90 Å². The quantitative estimate of drug-likeness (QED) is 0.474. The molecule has 9 heteroatoms. The lowest BCUT2D eigenvalue weighted by Crippen LogP contribution is -2.28. The van der Waals surface area contributed by atoms with Crippen molar-refractivity contribution < 1.29 is 27.2 Å². The fourth-order valence-electron chi connectivity index (χ4n) is 2.43. The van der Waals surface area contributed by atoms with Crippen LogP contribution in [-0.4, -0.2) is 16.0 Å². The number of carbonyl (C=O) groups excluding carboxylic acids is 2. The second kappa shape index (κ2) is 7.36. The first-order valence-electron chi connectivity index (χ1n) is 7.52. The summed E-state index contributed by atoms with van der Waals surface area (Å²) < 4.78 is 52.3. The average Bonchev–Trinajstić information content (AvgIpc) is 2.85. The number of alkyl halides is 3. The van der Waals surface area contributed by atoms with Crippen molar-refractivity contribution in [3.8, 4) is 0 Å². The molecule has 1 fully saturated rings. The van der Waals surface area contributed by atoms with Gasteiger partial charge in [-0.05, 0) is 47.7 Å². The van der Waals surface area contributed by atoms with Gasteiger partial charge in [-0.1, -0.05) is 29.8 Å². The van der Waals surface area contributed by atoms with E-state index in [-0.39, 0.29) is 27.6 Å². The molecule has 1 saturated heterocycles. The van der Waals surface area contributed by atoms with Crippen molar-refractivity contribution in [1.29, 1.82) is 0 Å². The molecule has 3 nitrogen and oxygen atoms in total. The van der Waals surface area contributed by atoms with Gasteiger partial charge in [0.25, 0.3) is 11.1 Å². The smallest absolute Gasteiger partial charge is 0.268 e. The first-order chi connectivity index (χ1) is 12.7. The van der Waals surface area contributed by atoms with Crippen molar-refractivity contribution in [3.05, 3.63) is 74.9 Å². The zero-order valence-corrected chi connectivity index (χ0v) is 15.0. The molecule has 0 spiro atoms. The summed E-state index contributed by atoms with van der Waals surface area (Å²) in [6, 6.07) is 8.35. The third-order valence-electron chi connectivity index (χ3n) is 3.76. The Morgan fingerprint density at radius 3 is 2.48 bits per heavy atom. The van der Waals surface area contributed by atoms with E-state index in [0.717, 1.165) is 23.1 Å². The number of benzene rings is 2. The number of rotatable bonds is 3. The number of halogens is 5. The zero-order chi connectivity index (χ0) is 19.8. The van der Waals surface area contributed by atoms with E-state index in [0.29, 0.717) is 11.8 Å². The van der Waals surface area contributed by atoms with Crippen molar-refractivity contribution >= 4 is 40.6 Å². The molecule has 2 amide bonds. The monoisotopic (exact) mass is 415 g/mol. The molecule has 0 unspecified atom stereocenters. The van der Waals surface area contributed by atoms with Gasteiger partial charge in [-0.15, -0.1) is 0 Å². The van der Waals surface area contributed by atoms with Gasteiger partial charge in [0.1, 0.15) is 5.82 Å². The Bertz CT molecular complexity index is 938. The van der Waals surface area contributed by atoms with Crippen molar-refractivity contribution in [2.75, 3.05) is 0 Å². The van der Waals surface area contributed by atoms with Gasteiger partial charge in [-0.3, -0.25) is 14.5 Å². The first-order valence-corrected chi connectivity index (χ1v) is 8.72. The van der Waals surface area contributed by atoms with Crippen LogP contribution in [0.15, 0.2) is 47.4 Å². The van der Waals surface area contributed by atoms with E-state index in [1.807, 2.05) is 0 Å². The Kier molecular flexibility index (Phi) is 5.30. The molecule has 0 aliphatic carbocycles. The van der Waals surface area contributed by atoms with E-state index in [1.54, 1.807) is 0 Å². The molecular weight excluding hydrogens is 406 g/mol. The number of imide groups is 1. The lowest BCUT2D eigenvalue weighted by Gasteiger charge is -2.14. The van der Waals surface area contributed by atoms with E-state index in [2.05, 4.69) is 0 Å². The van der Waals surface area contributed by atoms with Gasteiger partial charge >= 0.3 is 6.18 Å². The maximum atomic E-state index is 13.9. The van der Waals surface area contributed by atoms with Crippen LogP contribution >= 0.6 is 23.4 Å². The molecule has 3 rings (SSSR count). The molecule has 2 aromatic carbocycles. The summed E-state index contributed by atoms with van der Waals surface area (Å²) in [6.07, 6.45) is -3.33. The topological polar surface area (TPSA) is 37.4 Å². The highest BCUT2D eigenvalue weighted by molar-refractivity contribution is 8.18. The summed E-state index contributed by atoms with van der Waals surface area (Å²) in [7, 11) is 0. The summed E-state index contributed by atoms with van der Waals surface area (Å²) in [5.74, 6) is -1.38. The molecule has 1 heterocycles. The number of thioether (sulfide) groups is 1. The summed E-state index contributed by atoms with van der Waals surface area (Å²) in [4.78, 5) is 25.3. The lowest BCUT2D eigenvalue weighted by atomic mass is 10.1. The molecule has 1 aliphatic heterocycles. The Morgan fingerprint density at radius 2 is 1.81 bits per heavy atom. The van der Waals surface area contributed by atoms with Gasteiger partial charge in [0, 0.05) is 10.6 Å². The van der Waals surface area contributed by atoms with Crippen LogP contribution in [0.3, 0.4) is 0 Å². The lowest BCUT2D eigenvalue weighted by molar-refractivity contribution is -0.137. The van der Waals surface area contributed by atoms with Crippen LogP contribution in [0, 0.1) is 5.82 Å². The van der Waals surface area contributed by atoms with Crippen molar-refractivity contribution in [2.45, 2.75) is 12.7 Å². The van der Waals surface area contributed by atoms with E-state index in [9.17, 15) is 27.2 Å². The Labute approximate surface area is 160 Å². The SMILES string of the molecule is O=C1S/C(=C\c2cccc(C(F)(F)F)c2)C(=O)N1Cc1c(F)cccc1Cl. The fraction of sp³-hybridized carbons (Fsp3) is 0.111. The number of nitrogens with zero attached hydrogens (tertiary/aromatic N) is 1. The minimum Gasteiger partial charge on any atom is -0.268 e. The summed E-state index contributed by atoms with van der Waals surface area (Å²) in [6.45, 7) is -0.365. The molecule has 27 heavy (non-hydrogen) atoms. The Balaban J connectivity index is 1.87. The van der Waals surface area contributed by atoms with Crippen LogP contribution in [0.5, 0.6) is 0 Å². The fourth-order valence-corrected chi connectivity index (χ4v) is 3.50. The maximum absolute atomic E-state index is 13.9. The zero-order valence-electron chi connectivity index (χ0n) is 13.4. The van der Waals surface area contributed by atoms with Crippen molar-refractivity contribution in [2.24, 2.45) is 0 Å². The second-order valence-corrected chi connectivity index (χ2v) is 6.99. The highest BCUT2D eigenvalue weighted by atomic mass is 35.5. The predicted octanol–water partition coefficient (Wildman–Crippen LogP) is 5.73. The first kappa shape index (κ1) is 19.4. The standard InChI is InChI=1S/C18H10ClF4NO2S/c19-13-5-2-6-14(20)12(13)9-24-16(25)15(27-17(24)26)8-10-3-1-4-11(7-10)18(21,22)23/h1-8H,9H2/b15-8-. The third-order valence-corrected chi connectivity index (χ3v) is 5.02. The van der Waals surface area contributed by atoms with Gasteiger partial charge in [0.05, 0.1) is 17.0 Å². The minimum atomic E-state index is -4.52. The average molecular weight is 416 g/mol. The third kappa shape index (κ3) is 4.17. The van der Waals surface area contributed by atoms with Gasteiger partial charge in [0.15, 0.2) is 0 Å². The normalized spacial score (nSPS) is 16.5.